The maximum absolute atomic E-state index is 13.4. The summed E-state index contributed by atoms with van der Waals surface area (Å²) >= 11 is 0. The van der Waals surface area contributed by atoms with Crippen molar-refractivity contribution in [3.05, 3.63) is 23.3 Å². The smallest absolute Gasteiger partial charge is 0.316 e. The van der Waals surface area contributed by atoms with Crippen LogP contribution in [0.25, 0.3) is 0 Å². The van der Waals surface area contributed by atoms with Crippen molar-refractivity contribution in [3.8, 4) is 0 Å². The highest BCUT2D eigenvalue weighted by Gasteiger charge is 2.72. The second-order valence-corrected chi connectivity index (χ2v) is 11.1. The fraction of sp³-hybridized carbons (Fsp3) is 0.769. The first-order chi connectivity index (χ1) is 14.5. The van der Waals surface area contributed by atoms with Crippen molar-refractivity contribution >= 4 is 11.8 Å². The van der Waals surface area contributed by atoms with Gasteiger partial charge in [0, 0.05) is 18.3 Å². The van der Waals surface area contributed by atoms with E-state index in [1.807, 2.05) is 0 Å². The fourth-order valence-corrected chi connectivity index (χ4v) is 7.24. The maximum Gasteiger partial charge on any atom is 0.316 e. The van der Waals surface area contributed by atoms with Crippen molar-refractivity contribution in [1.82, 2.24) is 0 Å². The Balaban J connectivity index is 1.77. The third-order valence-corrected chi connectivity index (χ3v) is 9.33. The number of Topliss-reactive ketones (excluding diaryl/α,β-unsaturated/α-hetero) is 1. The van der Waals surface area contributed by atoms with Gasteiger partial charge in [0.2, 0.25) is 0 Å². The van der Waals surface area contributed by atoms with Crippen molar-refractivity contribution in [2.75, 3.05) is 20.3 Å². The second kappa shape index (κ2) is 7.55. The largest absolute Gasteiger partial charge is 0.468 e. The number of rotatable bonds is 3. The molecule has 0 bridgehead atoms. The lowest BCUT2D eigenvalue weighted by molar-refractivity contribution is -0.251. The van der Waals surface area contributed by atoms with Crippen LogP contribution in [-0.4, -0.2) is 37.9 Å². The van der Waals surface area contributed by atoms with E-state index in [-0.39, 0.29) is 22.5 Å². The van der Waals surface area contributed by atoms with E-state index in [9.17, 15) is 9.59 Å². The minimum Gasteiger partial charge on any atom is -0.468 e. The predicted octanol–water partition coefficient (Wildman–Crippen LogP) is 5.00. The molecule has 1 saturated heterocycles. The molecule has 2 saturated carbocycles. The molecule has 1 aliphatic heterocycles. The highest BCUT2D eigenvalue weighted by molar-refractivity contribution is 6.00. The van der Waals surface area contributed by atoms with Gasteiger partial charge >= 0.3 is 5.97 Å². The number of ketones is 1. The molecule has 0 aromatic rings. The highest BCUT2D eigenvalue weighted by Crippen LogP contribution is 2.70. The number of fused-ring (bicyclic) bond motifs is 2. The fourth-order valence-electron chi connectivity index (χ4n) is 7.24. The Morgan fingerprint density at radius 1 is 1.16 bits per heavy atom. The molecule has 0 N–H and O–H groups in total. The molecule has 31 heavy (non-hydrogen) atoms. The Kier molecular flexibility index (Phi) is 5.54. The molecule has 0 aromatic carbocycles. The van der Waals surface area contributed by atoms with E-state index in [1.165, 1.54) is 18.3 Å². The predicted molar refractivity (Wildman–Crippen MR) is 118 cm³/mol. The number of ether oxygens (including phenoxy) is 3. The number of hydrogen-bond acceptors (Lipinski definition) is 5. The van der Waals surface area contributed by atoms with Crippen LogP contribution in [0.3, 0.4) is 0 Å². The Morgan fingerprint density at radius 2 is 1.84 bits per heavy atom. The summed E-state index contributed by atoms with van der Waals surface area (Å²) < 4.78 is 17.5. The molecule has 3 fully saturated rings. The molecule has 1 heterocycles. The number of methoxy groups -OCH3 is 1. The molecular weight excluding hydrogens is 392 g/mol. The van der Waals surface area contributed by atoms with Gasteiger partial charge in [0.05, 0.1) is 20.3 Å². The normalized spacial score (nSPS) is 40.1. The minimum absolute atomic E-state index is 0.0363. The quantitative estimate of drug-likeness (QED) is 0.466. The van der Waals surface area contributed by atoms with E-state index in [0.717, 1.165) is 25.7 Å². The summed E-state index contributed by atoms with van der Waals surface area (Å²) in [6, 6.07) is 0. The standard InChI is InChI=1S/C26H38O5/c1-17-8-7-11-23(2,3)18(17)9-10-19-21(22(28)29-6)20(27)16-25(5)24(19,4)12-13-26(25)30-14-15-31-26/h8-9,19,21H,7,10-16H2,1-6H3/b18-9-/t19-,21?,24+,25+/m1/s1. The second-order valence-electron chi connectivity index (χ2n) is 11.1. The van der Waals surface area contributed by atoms with E-state index < -0.39 is 23.1 Å². The molecule has 5 nitrogen and oxygen atoms in total. The van der Waals surface area contributed by atoms with E-state index in [1.54, 1.807) is 0 Å². The van der Waals surface area contributed by atoms with Crippen LogP contribution in [0.15, 0.2) is 23.3 Å². The molecular formula is C26H38O5. The molecule has 3 aliphatic carbocycles. The van der Waals surface area contributed by atoms with Gasteiger partial charge in [-0.15, -0.1) is 0 Å². The number of esters is 1. The average molecular weight is 431 g/mol. The lowest BCUT2D eigenvalue weighted by Gasteiger charge is -2.55. The molecule has 4 aliphatic rings. The maximum atomic E-state index is 13.4. The molecule has 1 spiro atoms. The highest BCUT2D eigenvalue weighted by atomic mass is 16.7. The summed E-state index contributed by atoms with van der Waals surface area (Å²) in [4.78, 5) is 26.3. The number of carbonyl (C=O) groups excluding carboxylic acids is 2. The summed E-state index contributed by atoms with van der Waals surface area (Å²) in [5.41, 5.74) is 2.01. The van der Waals surface area contributed by atoms with Crippen LogP contribution in [0.2, 0.25) is 0 Å². The lowest BCUT2D eigenvalue weighted by Crippen LogP contribution is -2.60. The minimum atomic E-state index is -0.729. The summed E-state index contributed by atoms with van der Waals surface area (Å²) in [5, 5.41) is 0. The van der Waals surface area contributed by atoms with Crippen LogP contribution in [0, 0.1) is 28.1 Å². The summed E-state index contributed by atoms with van der Waals surface area (Å²) in [5.74, 6) is -2.03. The van der Waals surface area contributed by atoms with Gasteiger partial charge in [-0.05, 0) is 54.9 Å². The number of allylic oxidation sites excluding steroid dienone is 4. The molecule has 1 unspecified atom stereocenters. The van der Waals surface area contributed by atoms with Crippen molar-refractivity contribution < 1.29 is 23.8 Å². The third-order valence-electron chi connectivity index (χ3n) is 9.33. The van der Waals surface area contributed by atoms with Crippen molar-refractivity contribution in [2.24, 2.45) is 28.1 Å². The Bertz CT molecular complexity index is 831. The summed E-state index contributed by atoms with van der Waals surface area (Å²) in [6.45, 7) is 12.3. The Labute approximate surface area is 186 Å². The average Bonchev–Trinajstić information content (AvgIpc) is 3.26. The van der Waals surface area contributed by atoms with Crippen LogP contribution in [0.5, 0.6) is 0 Å². The molecule has 172 valence electrons. The van der Waals surface area contributed by atoms with Gasteiger partial charge in [0.25, 0.3) is 0 Å². The zero-order valence-corrected chi connectivity index (χ0v) is 20.0. The SMILES string of the molecule is COC(=O)C1C(=O)C[C@]2(C)C3(CC[C@@]2(C)[C@@H]1C/C=C1/C(C)=CCCC1(C)C)OCCO3. The van der Waals surface area contributed by atoms with Crippen LogP contribution < -0.4 is 0 Å². The van der Waals surface area contributed by atoms with Crippen molar-refractivity contribution in [3.63, 3.8) is 0 Å². The van der Waals surface area contributed by atoms with Crippen molar-refractivity contribution in [1.29, 1.82) is 0 Å². The Morgan fingerprint density at radius 3 is 2.45 bits per heavy atom. The Hall–Kier alpha value is -1.46. The van der Waals surface area contributed by atoms with Gasteiger partial charge in [-0.2, -0.15) is 0 Å². The van der Waals surface area contributed by atoms with Crippen LogP contribution in [-0.2, 0) is 23.8 Å². The zero-order chi connectivity index (χ0) is 22.7. The van der Waals surface area contributed by atoms with Gasteiger partial charge in [-0.25, -0.2) is 0 Å². The van der Waals surface area contributed by atoms with Gasteiger partial charge in [0.1, 0.15) is 11.7 Å². The molecule has 0 radical (unpaired) electrons. The van der Waals surface area contributed by atoms with E-state index in [2.05, 4.69) is 46.8 Å². The van der Waals surface area contributed by atoms with Gasteiger partial charge in [-0.3, -0.25) is 9.59 Å². The first-order valence-corrected chi connectivity index (χ1v) is 11.8. The van der Waals surface area contributed by atoms with E-state index in [0.29, 0.717) is 26.1 Å². The molecule has 4 rings (SSSR count). The van der Waals surface area contributed by atoms with E-state index >= 15 is 0 Å². The number of carbonyl (C=O) groups is 2. The van der Waals surface area contributed by atoms with Crippen LogP contribution in [0.1, 0.15) is 73.1 Å². The number of hydrogen-bond donors (Lipinski definition) is 0. The monoisotopic (exact) mass is 430 g/mol. The molecule has 0 aromatic heterocycles. The van der Waals surface area contributed by atoms with Crippen molar-refractivity contribution in [2.45, 2.75) is 78.9 Å². The first-order valence-electron chi connectivity index (χ1n) is 11.8. The molecule has 5 heteroatoms. The van der Waals surface area contributed by atoms with Crippen LogP contribution >= 0.6 is 0 Å². The summed E-state index contributed by atoms with van der Waals surface area (Å²) in [6.07, 6.45) is 9.41. The van der Waals surface area contributed by atoms with Gasteiger partial charge in [-0.1, -0.05) is 45.4 Å². The zero-order valence-electron chi connectivity index (χ0n) is 20.0. The van der Waals surface area contributed by atoms with Crippen LogP contribution in [0.4, 0.5) is 0 Å². The van der Waals surface area contributed by atoms with Gasteiger partial charge < -0.3 is 14.2 Å². The van der Waals surface area contributed by atoms with E-state index in [4.69, 9.17) is 14.2 Å². The molecule has 0 amide bonds. The van der Waals surface area contributed by atoms with Gasteiger partial charge in [0.15, 0.2) is 5.79 Å². The lowest BCUT2D eigenvalue weighted by atomic mass is 9.49. The topological polar surface area (TPSA) is 61.8 Å². The third kappa shape index (κ3) is 3.18. The first kappa shape index (κ1) is 22.7. The molecule has 4 atom stereocenters. The summed E-state index contributed by atoms with van der Waals surface area (Å²) in [7, 11) is 1.39.